The van der Waals surface area contributed by atoms with Crippen LogP contribution in [0.1, 0.15) is 30.7 Å². The van der Waals surface area contributed by atoms with Crippen molar-refractivity contribution in [1.29, 1.82) is 5.26 Å². The van der Waals surface area contributed by atoms with Crippen LogP contribution in [0.4, 0.5) is 0 Å². The molecular formula is C14H13N3O3. The fourth-order valence-corrected chi connectivity index (χ4v) is 1.75. The van der Waals surface area contributed by atoms with Crippen LogP contribution in [0, 0.1) is 11.3 Å². The smallest absolute Gasteiger partial charge is 0.303 e. The van der Waals surface area contributed by atoms with Gasteiger partial charge in [0.1, 0.15) is 0 Å². The Bertz CT molecular complexity index is 643. The minimum Gasteiger partial charge on any atom is -0.481 e. The minimum atomic E-state index is -0.801. The third-order valence-electron chi connectivity index (χ3n) is 2.74. The molecular weight excluding hydrogens is 258 g/mol. The van der Waals surface area contributed by atoms with E-state index in [0.29, 0.717) is 42.2 Å². The van der Waals surface area contributed by atoms with E-state index in [1.54, 1.807) is 24.3 Å². The highest BCUT2D eigenvalue weighted by atomic mass is 16.4. The zero-order valence-electron chi connectivity index (χ0n) is 10.7. The molecule has 6 heteroatoms. The number of aliphatic carboxylic acids is 1. The lowest BCUT2D eigenvalue weighted by atomic mass is 10.1. The van der Waals surface area contributed by atoms with E-state index in [9.17, 15) is 4.79 Å². The topological polar surface area (TPSA) is 100 Å². The molecule has 0 radical (unpaired) electrons. The molecule has 0 amide bonds. The summed E-state index contributed by atoms with van der Waals surface area (Å²) in [4.78, 5) is 10.4. The van der Waals surface area contributed by atoms with Crippen molar-refractivity contribution in [3.8, 4) is 17.5 Å². The van der Waals surface area contributed by atoms with Crippen molar-refractivity contribution in [2.75, 3.05) is 0 Å². The number of carbonyl (C=O) groups is 1. The summed E-state index contributed by atoms with van der Waals surface area (Å²) in [5.41, 5.74) is 1.23. The Morgan fingerprint density at radius 3 is 2.95 bits per heavy atom. The first-order valence-corrected chi connectivity index (χ1v) is 6.24. The molecule has 1 N–H and O–H groups in total. The van der Waals surface area contributed by atoms with Crippen LogP contribution in [0.5, 0.6) is 0 Å². The minimum absolute atomic E-state index is 0.144. The van der Waals surface area contributed by atoms with E-state index in [-0.39, 0.29) is 6.42 Å². The van der Waals surface area contributed by atoms with Crippen LogP contribution in [0.2, 0.25) is 0 Å². The lowest BCUT2D eigenvalue weighted by Gasteiger charge is -1.95. The van der Waals surface area contributed by atoms with Crippen molar-refractivity contribution < 1.29 is 14.3 Å². The maximum Gasteiger partial charge on any atom is 0.303 e. The molecule has 1 aromatic carbocycles. The third-order valence-corrected chi connectivity index (χ3v) is 2.74. The van der Waals surface area contributed by atoms with Crippen molar-refractivity contribution in [2.24, 2.45) is 0 Å². The van der Waals surface area contributed by atoms with E-state index in [1.165, 1.54) is 0 Å². The normalized spacial score (nSPS) is 10.2. The average molecular weight is 271 g/mol. The third kappa shape index (κ3) is 3.65. The molecule has 0 fully saturated rings. The predicted octanol–water partition coefficient (Wildman–Crippen LogP) is 2.41. The fourth-order valence-electron chi connectivity index (χ4n) is 1.75. The number of hydrogen-bond donors (Lipinski definition) is 1. The second-order valence-corrected chi connectivity index (χ2v) is 4.29. The van der Waals surface area contributed by atoms with E-state index in [1.807, 2.05) is 0 Å². The van der Waals surface area contributed by atoms with Crippen molar-refractivity contribution in [2.45, 2.75) is 25.7 Å². The highest BCUT2D eigenvalue weighted by Gasteiger charge is 2.09. The van der Waals surface area contributed by atoms with Crippen LogP contribution in [-0.2, 0) is 11.2 Å². The molecule has 0 aliphatic rings. The van der Waals surface area contributed by atoms with Crippen LogP contribution in [0.25, 0.3) is 11.5 Å². The second-order valence-electron chi connectivity index (χ2n) is 4.29. The van der Waals surface area contributed by atoms with Gasteiger partial charge in [-0.25, -0.2) is 0 Å². The van der Waals surface area contributed by atoms with Gasteiger partial charge in [-0.1, -0.05) is 6.07 Å². The number of hydrogen-bond acceptors (Lipinski definition) is 5. The van der Waals surface area contributed by atoms with Gasteiger partial charge in [-0.05, 0) is 31.0 Å². The predicted molar refractivity (Wildman–Crippen MR) is 69.6 cm³/mol. The summed E-state index contributed by atoms with van der Waals surface area (Å²) in [6, 6.07) is 8.98. The molecule has 1 heterocycles. The zero-order valence-corrected chi connectivity index (χ0v) is 10.7. The molecule has 2 rings (SSSR count). The molecule has 0 saturated heterocycles. The Morgan fingerprint density at radius 1 is 1.35 bits per heavy atom. The molecule has 0 saturated carbocycles. The molecule has 0 spiro atoms. The van der Waals surface area contributed by atoms with Crippen molar-refractivity contribution in [3.05, 3.63) is 35.7 Å². The van der Waals surface area contributed by atoms with Gasteiger partial charge in [0.25, 0.3) is 0 Å². The molecule has 0 bridgehead atoms. The highest BCUT2D eigenvalue weighted by molar-refractivity contribution is 5.66. The van der Waals surface area contributed by atoms with Gasteiger partial charge in [0.05, 0.1) is 11.6 Å². The van der Waals surface area contributed by atoms with Gasteiger partial charge in [-0.15, -0.1) is 10.2 Å². The molecule has 0 unspecified atom stereocenters. The maximum atomic E-state index is 10.4. The summed E-state index contributed by atoms with van der Waals surface area (Å²) in [5.74, 6) is 0.0487. The lowest BCUT2D eigenvalue weighted by Crippen LogP contribution is -1.95. The number of aryl methyl sites for hydroxylation is 1. The maximum absolute atomic E-state index is 10.4. The number of nitrogens with zero attached hydrogens (tertiary/aromatic N) is 3. The summed E-state index contributed by atoms with van der Waals surface area (Å²) in [7, 11) is 0. The zero-order chi connectivity index (χ0) is 14.4. The van der Waals surface area contributed by atoms with Gasteiger partial charge in [-0.2, -0.15) is 5.26 Å². The van der Waals surface area contributed by atoms with Gasteiger partial charge in [-0.3, -0.25) is 4.79 Å². The first-order valence-electron chi connectivity index (χ1n) is 6.24. The van der Waals surface area contributed by atoms with Gasteiger partial charge in [0.2, 0.25) is 11.8 Å². The van der Waals surface area contributed by atoms with E-state index in [4.69, 9.17) is 14.8 Å². The SMILES string of the molecule is N#Cc1cccc(-c2nnc(CCCCC(=O)O)o2)c1. The molecule has 0 aliphatic carbocycles. The molecule has 1 aromatic heterocycles. The van der Waals surface area contributed by atoms with Crippen LogP contribution in [-0.4, -0.2) is 21.3 Å². The quantitative estimate of drug-likeness (QED) is 0.810. The highest BCUT2D eigenvalue weighted by Crippen LogP contribution is 2.19. The van der Waals surface area contributed by atoms with Crippen LogP contribution in [0.3, 0.4) is 0 Å². The van der Waals surface area contributed by atoms with Crippen molar-refractivity contribution >= 4 is 5.97 Å². The van der Waals surface area contributed by atoms with E-state index < -0.39 is 5.97 Å². The van der Waals surface area contributed by atoms with Crippen LogP contribution in [0.15, 0.2) is 28.7 Å². The molecule has 102 valence electrons. The first-order chi connectivity index (χ1) is 9.69. The fraction of sp³-hybridized carbons (Fsp3) is 0.286. The standard InChI is InChI=1S/C14H13N3O3/c15-9-10-4-3-5-11(8-10)14-17-16-12(20-14)6-1-2-7-13(18)19/h3-5,8H,1-2,6-7H2,(H,18,19). The van der Waals surface area contributed by atoms with Gasteiger partial charge in [0.15, 0.2) is 0 Å². The van der Waals surface area contributed by atoms with Crippen molar-refractivity contribution in [1.82, 2.24) is 10.2 Å². The molecule has 6 nitrogen and oxygen atoms in total. The molecule has 2 aromatic rings. The Hall–Kier alpha value is -2.68. The average Bonchev–Trinajstić information content (AvgIpc) is 2.92. The number of unbranched alkanes of at least 4 members (excludes halogenated alkanes) is 1. The Balaban J connectivity index is 1.98. The Morgan fingerprint density at radius 2 is 2.20 bits per heavy atom. The summed E-state index contributed by atoms with van der Waals surface area (Å²) in [6.45, 7) is 0. The van der Waals surface area contributed by atoms with Crippen LogP contribution >= 0.6 is 0 Å². The van der Waals surface area contributed by atoms with Crippen molar-refractivity contribution in [3.63, 3.8) is 0 Å². The Labute approximate surface area is 115 Å². The molecule has 0 aliphatic heterocycles. The lowest BCUT2D eigenvalue weighted by molar-refractivity contribution is -0.137. The summed E-state index contributed by atoms with van der Waals surface area (Å²) < 4.78 is 5.50. The number of rotatable bonds is 6. The van der Waals surface area contributed by atoms with Gasteiger partial charge >= 0.3 is 5.97 Å². The summed E-state index contributed by atoms with van der Waals surface area (Å²) in [6.07, 6.45) is 1.96. The second kappa shape index (κ2) is 6.48. The molecule has 20 heavy (non-hydrogen) atoms. The monoisotopic (exact) mass is 271 g/mol. The van der Waals surface area contributed by atoms with E-state index in [2.05, 4.69) is 16.3 Å². The van der Waals surface area contributed by atoms with Gasteiger partial charge < -0.3 is 9.52 Å². The number of nitriles is 1. The van der Waals surface area contributed by atoms with E-state index in [0.717, 1.165) is 0 Å². The summed E-state index contributed by atoms with van der Waals surface area (Å²) in [5, 5.41) is 25.2. The number of benzene rings is 1. The number of carboxylic acids is 1. The van der Waals surface area contributed by atoms with E-state index >= 15 is 0 Å². The largest absolute Gasteiger partial charge is 0.481 e. The summed E-state index contributed by atoms with van der Waals surface area (Å²) >= 11 is 0. The Kier molecular flexibility index (Phi) is 4.45. The van der Waals surface area contributed by atoms with Crippen LogP contribution < -0.4 is 0 Å². The van der Waals surface area contributed by atoms with Gasteiger partial charge in [0, 0.05) is 18.4 Å². The number of carboxylic acid groups (broad SMARTS) is 1. The first kappa shape index (κ1) is 13.7. The number of aromatic nitrogens is 2. The molecule has 0 atom stereocenters.